The summed E-state index contributed by atoms with van der Waals surface area (Å²) in [6, 6.07) is 13.1. The highest BCUT2D eigenvalue weighted by atomic mass is 16.7. The van der Waals surface area contributed by atoms with Crippen molar-refractivity contribution in [1.29, 1.82) is 0 Å². The molecule has 2 fully saturated rings. The molecule has 2 saturated heterocycles. The van der Waals surface area contributed by atoms with Crippen LogP contribution in [0.2, 0.25) is 0 Å². The molecule has 4 aromatic rings. The molecule has 0 saturated carbocycles. The van der Waals surface area contributed by atoms with E-state index >= 15 is 0 Å². The Hall–Kier alpha value is -5.55. The van der Waals surface area contributed by atoms with Crippen LogP contribution in [-0.4, -0.2) is 153 Å². The minimum absolute atomic E-state index is 0.0646. The molecule has 61 heavy (non-hydrogen) atoms. The number of carboxylic acid groups (broad SMARTS) is 1. The number of ether oxygens (including phenoxy) is 4. The van der Waals surface area contributed by atoms with Gasteiger partial charge in [-0.1, -0.05) is 30.3 Å². The zero-order chi connectivity index (χ0) is 43.8. The van der Waals surface area contributed by atoms with Crippen LogP contribution in [-0.2, 0) is 16.1 Å². The van der Waals surface area contributed by atoms with Gasteiger partial charge in [-0.05, 0) is 58.1 Å². The first kappa shape index (κ1) is 42.2. The lowest BCUT2D eigenvalue weighted by atomic mass is 9.63. The number of fused-ring (bicyclic) bond motifs is 4. The lowest BCUT2D eigenvalue weighted by Gasteiger charge is -2.41. The molecular formula is C42H40O19. The largest absolute Gasteiger partial charge is 0.507 e. The Bertz CT molecular complexity index is 2410. The predicted octanol–water partition coefficient (Wildman–Crippen LogP) is -1.30. The van der Waals surface area contributed by atoms with Crippen molar-refractivity contribution in [3.05, 3.63) is 116 Å². The van der Waals surface area contributed by atoms with Gasteiger partial charge in [0.05, 0.1) is 47.6 Å². The van der Waals surface area contributed by atoms with E-state index in [-0.39, 0.29) is 56.0 Å². The van der Waals surface area contributed by atoms with Crippen molar-refractivity contribution < 1.29 is 94.6 Å². The number of carbonyl (C=O) groups excluding carboxylic acids is 2. The van der Waals surface area contributed by atoms with Gasteiger partial charge in [-0.2, -0.15) is 0 Å². The number of carbonyl (C=O) groups is 3. The number of rotatable bonds is 9. The molecule has 322 valence electrons. The van der Waals surface area contributed by atoms with E-state index in [0.29, 0.717) is 0 Å². The Morgan fingerprint density at radius 1 is 0.557 bits per heavy atom. The fourth-order valence-corrected chi connectivity index (χ4v) is 8.74. The highest BCUT2D eigenvalue weighted by Gasteiger charge is 2.50. The molecule has 8 rings (SSSR count). The Morgan fingerprint density at radius 3 is 1.43 bits per heavy atom. The molecule has 0 radical (unpaired) electrons. The standard InChI is InChI=1S/C42H40O19/c43-11-14-7-18-26(16-3-1-5-22(30(16)34(50)28(18)20(46)8-14)58-41-38(54)36(52)32(48)24(12-44)60-41)27-17-4-2-6-23(59-42-39(55)37(53)33(49)25(13-45)61-42)31(17)35(51)29-19(27)9-15(40(56)57)10-21(29)47/h1-10,24-27,32-33,36-39,41-49,52-55H,11-13H2,(H,56,57)/t24-,25-,26-,27+,32+,33+,36-,37-,38-,39-,41+,42-/m1/s1. The average molecular weight is 849 g/mol. The summed E-state index contributed by atoms with van der Waals surface area (Å²) in [5.74, 6) is -7.67. The van der Waals surface area contributed by atoms with Gasteiger partial charge < -0.3 is 80.2 Å². The summed E-state index contributed by atoms with van der Waals surface area (Å²) in [5.41, 5.74) is -1.30. The van der Waals surface area contributed by atoms with Crippen molar-refractivity contribution >= 4 is 17.5 Å². The van der Waals surface area contributed by atoms with Crippen LogP contribution < -0.4 is 9.47 Å². The topological polar surface area (TPSA) is 331 Å². The maximum absolute atomic E-state index is 14.7. The van der Waals surface area contributed by atoms with Crippen molar-refractivity contribution in [3.63, 3.8) is 0 Å². The number of aliphatic hydroxyl groups excluding tert-OH is 9. The van der Waals surface area contributed by atoms with Gasteiger partial charge in [0.1, 0.15) is 71.8 Å². The number of aromatic carboxylic acids is 1. The van der Waals surface area contributed by atoms with E-state index < -0.39 is 133 Å². The first-order valence-corrected chi connectivity index (χ1v) is 19.0. The van der Waals surface area contributed by atoms with Gasteiger partial charge in [-0.25, -0.2) is 4.79 Å². The lowest BCUT2D eigenvalue weighted by Crippen LogP contribution is -2.60. The number of benzene rings is 4. The Labute approximate surface area is 344 Å². The number of aromatic hydroxyl groups is 2. The van der Waals surface area contributed by atoms with Crippen LogP contribution in [0.15, 0.2) is 60.7 Å². The molecule has 19 nitrogen and oxygen atoms in total. The lowest BCUT2D eigenvalue weighted by molar-refractivity contribution is -0.277. The van der Waals surface area contributed by atoms with Crippen molar-refractivity contribution in [2.45, 2.75) is 79.9 Å². The van der Waals surface area contributed by atoms with Crippen LogP contribution in [0.4, 0.5) is 0 Å². The molecule has 2 aliphatic heterocycles. The average Bonchev–Trinajstić information content (AvgIpc) is 3.24. The molecule has 2 aliphatic carbocycles. The smallest absolute Gasteiger partial charge is 0.335 e. The number of aliphatic hydroxyl groups is 9. The number of hydrogen-bond acceptors (Lipinski definition) is 18. The monoisotopic (exact) mass is 848 g/mol. The van der Waals surface area contributed by atoms with E-state index in [4.69, 9.17) is 18.9 Å². The third-order valence-corrected chi connectivity index (χ3v) is 11.7. The molecule has 2 heterocycles. The van der Waals surface area contributed by atoms with E-state index in [9.17, 15) is 75.7 Å². The van der Waals surface area contributed by atoms with E-state index in [1.54, 1.807) is 0 Å². The van der Waals surface area contributed by atoms with Gasteiger partial charge in [0.25, 0.3) is 0 Å². The minimum atomic E-state index is -1.91. The normalized spacial score (nSPS) is 30.4. The maximum Gasteiger partial charge on any atom is 0.335 e. The summed E-state index contributed by atoms with van der Waals surface area (Å²) >= 11 is 0. The zero-order valence-electron chi connectivity index (χ0n) is 31.5. The molecule has 12 N–H and O–H groups in total. The van der Waals surface area contributed by atoms with Crippen molar-refractivity contribution in [2.75, 3.05) is 13.2 Å². The number of hydrogen-bond donors (Lipinski definition) is 12. The van der Waals surface area contributed by atoms with Gasteiger partial charge in [-0.15, -0.1) is 0 Å². The molecular weight excluding hydrogens is 808 g/mol. The summed E-state index contributed by atoms with van der Waals surface area (Å²) in [6.45, 7) is -2.21. The van der Waals surface area contributed by atoms with Crippen LogP contribution in [0, 0.1) is 0 Å². The quantitative estimate of drug-likeness (QED) is 0.0931. The van der Waals surface area contributed by atoms with Crippen molar-refractivity contribution in [1.82, 2.24) is 0 Å². The predicted molar refractivity (Wildman–Crippen MR) is 201 cm³/mol. The maximum atomic E-state index is 14.7. The summed E-state index contributed by atoms with van der Waals surface area (Å²) in [7, 11) is 0. The van der Waals surface area contributed by atoms with Crippen molar-refractivity contribution in [2.24, 2.45) is 0 Å². The van der Waals surface area contributed by atoms with E-state index in [0.717, 1.165) is 18.2 Å². The Kier molecular flexibility index (Phi) is 11.1. The fourth-order valence-electron chi connectivity index (χ4n) is 8.74. The van der Waals surface area contributed by atoms with Gasteiger partial charge in [0, 0.05) is 11.8 Å². The Balaban J connectivity index is 1.37. The molecule has 0 spiro atoms. The molecule has 12 atom stereocenters. The fraction of sp³-hybridized carbons (Fsp3) is 0.357. The van der Waals surface area contributed by atoms with Gasteiger partial charge >= 0.3 is 5.97 Å². The second kappa shape index (κ2) is 16.0. The highest BCUT2D eigenvalue weighted by Crippen LogP contribution is 2.56. The second-order valence-corrected chi connectivity index (χ2v) is 15.2. The molecule has 0 amide bonds. The van der Waals surface area contributed by atoms with Gasteiger partial charge in [0.2, 0.25) is 24.1 Å². The molecule has 0 unspecified atom stereocenters. The summed E-state index contributed by atoms with van der Waals surface area (Å²) in [5, 5.41) is 126. The Morgan fingerprint density at radius 2 is 1.00 bits per heavy atom. The molecule has 0 aromatic heterocycles. The van der Waals surface area contributed by atoms with Crippen LogP contribution in [0.3, 0.4) is 0 Å². The van der Waals surface area contributed by atoms with E-state index in [1.807, 2.05) is 0 Å². The van der Waals surface area contributed by atoms with Crippen LogP contribution in [0.1, 0.15) is 81.9 Å². The molecule has 0 bridgehead atoms. The minimum Gasteiger partial charge on any atom is -0.507 e. The third-order valence-electron chi connectivity index (χ3n) is 11.7. The van der Waals surface area contributed by atoms with E-state index in [1.165, 1.54) is 42.5 Å². The number of phenols is 2. The molecule has 4 aliphatic rings. The van der Waals surface area contributed by atoms with Gasteiger partial charge in [0.15, 0.2) is 0 Å². The zero-order valence-corrected chi connectivity index (χ0v) is 31.5. The summed E-state index contributed by atoms with van der Waals surface area (Å²) < 4.78 is 23.1. The summed E-state index contributed by atoms with van der Waals surface area (Å²) in [6.07, 6.45) is -17.4. The van der Waals surface area contributed by atoms with Crippen LogP contribution >= 0.6 is 0 Å². The second-order valence-electron chi connectivity index (χ2n) is 15.2. The van der Waals surface area contributed by atoms with Crippen molar-refractivity contribution in [3.8, 4) is 23.0 Å². The SMILES string of the molecule is O=C(O)c1cc(O)c2c(c1)[C@@H]([C@H]1c3cc(CO)cc(O)c3C(=O)c3c(O[C@H]4O[C@H](CO)[C@H](O)[C@@H](O)[C@H]4O)cccc31)c1cccc(O[C@@H]3O[C@H](CO)[C@H](O)[C@@H](O)[C@H]3O)c1C2=O. The first-order valence-electron chi connectivity index (χ1n) is 19.0. The first-order chi connectivity index (χ1) is 29.1. The molecule has 4 aromatic carbocycles. The van der Waals surface area contributed by atoms with E-state index in [2.05, 4.69) is 0 Å². The number of carboxylic acids is 1. The highest BCUT2D eigenvalue weighted by molar-refractivity contribution is 6.18. The molecule has 19 heteroatoms. The van der Waals surface area contributed by atoms with Crippen LogP contribution in [0.25, 0.3) is 0 Å². The third kappa shape index (κ3) is 6.80. The van der Waals surface area contributed by atoms with Crippen LogP contribution in [0.5, 0.6) is 23.0 Å². The number of phenolic OH excluding ortho intramolecular Hbond substituents is 2. The summed E-state index contributed by atoms with van der Waals surface area (Å²) in [4.78, 5) is 41.8. The van der Waals surface area contributed by atoms with Gasteiger partial charge in [-0.3, -0.25) is 9.59 Å². The number of ketones is 2.